The summed E-state index contributed by atoms with van der Waals surface area (Å²) in [6, 6.07) is 4.81. The van der Waals surface area contributed by atoms with E-state index < -0.39 is 10.8 Å². The molecule has 0 bridgehead atoms. The Labute approximate surface area is 103 Å². The number of nitrogens with one attached hydrogen (secondary N) is 1. The Balaban J connectivity index is 2.68. The van der Waals surface area contributed by atoms with Gasteiger partial charge in [0.15, 0.2) is 0 Å². The SMILES string of the molecule is COc1cc(N)cc(C(=O)NCCS(C)=O)c1. The molecule has 0 aliphatic rings. The average molecular weight is 256 g/mol. The highest BCUT2D eigenvalue weighted by atomic mass is 32.2. The van der Waals surface area contributed by atoms with Crippen LogP contribution >= 0.6 is 0 Å². The molecule has 6 heteroatoms. The van der Waals surface area contributed by atoms with Gasteiger partial charge in [0, 0.05) is 46.7 Å². The standard InChI is InChI=1S/C11H16N2O3S/c1-16-10-6-8(5-9(12)7-10)11(14)13-3-4-17(2)15/h5-7H,3-4,12H2,1-2H3,(H,13,14). The lowest BCUT2D eigenvalue weighted by Crippen LogP contribution is -2.27. The number of carbonyl (C=O) groups is 1. The number of carbonyl (C=O) groups excluding carboxylic acids is 1. The van der Waals surface area contributed by atoms with E-state index in [1.165, 1.54) is 7.11 Å². The van der Waals surface area contributed by atoms with Crippen molar-refractivity contribution in [3.63, 3.8) is 0 Å². The molecular formula is C11H16N2O3S. The second kappa shape index (κ2) is 6.24. The molecule has 1 aromatic carbocycles. The number of nitrogen functional groups attached to an aromatic ring is 1. The second-order valence-corrected chi connectivity index (χ2v) is 5.08. The molecule has 17 heavy (non-hydrogen) atoms. The first-order valence-corrected chi connectivity index (χ1v) is 6.78. The molecule has 5 nitrogen and oxygen atoms in total. The first-order valence-electron chi connectivity index (χ1n) is 5.05. The van der Waals surface area contributed by atoms with Crippen LogP contribution in [0.1, 0.15) is 10.4 Å². The van der Waals surface area contributed by atoms with E-state index in [4.69, 9.17) is 10.5 Å². The Morgan fingerprint density at radius 1 is 1.47 bits per heavy atom. The minimum atomic E-state index is -0.913. The monoisotopic (exact) mass is 256 g/mol. The molecule has 0 heterocycles. The van der Waals surface area contributed by atoms with Gasteiger partial charge in [-0.05, 0) is 12.1 Å². The van der Waals surface area contributed by atoms with Crippen molar-refractivity contribution in [2.24, 2.45) is 0 Å². The van der Waals surface area contributed by atoms with Crippen molar-refractivity contribution in [1.82, 2.24) is 5.32 Å². The Hall–Kier alpha value is -1.56. The molecule has 0 fully saturated rings. The summed E-state index contributed by atoms with van der Waals surface area (Å²) < 4.78 is 15.9. The maximum Gasteiger partial charge on any atom is 0.251 e. The summed E-state index contributed by atoms with van der Waals surface area (Å²) in [7, 11) is 0.598. The minimum Gasteiger partial charge on any atom is -0.497 e. The lowest BCUT2D eigenvalue weighted by atomic mass is 10.2. The zero-order valence-corrected chi connectivity index (χ0v) is 10.7. The van der Waals surface area contributed by atoms with Crippen LogP contribution in [0, 0.1) is 0 Å². The molecule has 1 aromatic rings. The van der Waals surface area contributed by atoms with Gasteiger partial charge in [-0.25, -0.2) is 0 Å². The van der Waals surface area contributed by atoms with Crippen LogP contribution < -0.4 is 15.8 Å². The molecule has 1 rings (SSSR count). The van der Waals surface area contributed by atoms with Gasteiger partial charge < -0.3 is 15.8 Å². The van der Waals surface area contributed by atoms with E-state index in [0.29, 0.717) is 29.3 Å². The van der Waals surface area contributed by atoms with Gasteiger partial charge in [0.2, 0.25) is 0 Å². The van der Waals surface area contributed by atoms with Gasteiger partial charge in [-0.3, -0.25) is 9.00 Å². The van der Waals surface area contributed by atoms with Crippen molar-refractivity contribution in [1.29, 1.82) is 0 Å². The topological polar surface area (TPSA) is 81.4 Å². The van der Waals surface area contributed by atoms with Crippen LogP contribution in [0.15, 0.2) is 18.2 Å². The fraction of sp³-hybridized carbons (Fsp3) is 0.364. The molecular weight excluding hydrogens is 240 g/mol. The van der Waals surface area contributed by atoms with E-state index in [9.17, 15) is 9.00 Å². The first-order chi connectivity index (χ1) is 8.02. The Morgan fingerprint density at radius 3 is 2.76 bits per heavy atom. The average Bonchev–Trinajstić information content (AvgIpc) is 2.27. The molecule has 94 valence electrons. The second-order valence-electron chi connectivity index (χ2n) is 3.53. The molecule has 0 aromatic heterocycles. The maximum absolute atomic E-state index is 11.7. The summed E-state index contributed by atoms with van der Waals surface area (Å²) in [5, 5.41) is 2.67. The third-order valence-corrected chi connectivity index (χ3v) is 2.88. The highest BCUT2D eigenvalue weighted by Crippen LogP contribution is 2.18. The van der Waals surface area contributed by atoms with Crippen LogP contribution in [0.5, 0.6) is 5.75 Å². The summed E-state index contributed by atoms with van der Waals surface area (Å²) in [4.78, 5) is 11.7. The van der Waals surface area contributed by atoms with Crippen molar-refractivity contribution in [3.05, 3.63) is 23.8 Å². The van der Waals surface area contributed by atoms with E-state index in [2.05, 4.69) is 5.32 Å². The zero-order valence-electron chi connectivity index (χ0n) is 9.86. The normalized spacial score (nSPS) is 11.9. The maximum atomic E-state index is 11.7. The molecule has 1 atom stereocenters. The Kier molecular flexibility index (Phi) is 4.96. The number of hydrogen-bond donors (Lipinski definition) is 2. The Morgan fingerprint density at radius 2 is 2.18 bits per heavy atom. The number of methoxy groups -OCH3 is 1. The van der Waals surface area contributed by atoms with Crippen LogP contribution in [0.3, 0.4) is 0 Å². The number of amides is 1. The van der Waals surface area contributed by atoms with Crippen molar-refractivity contribution in [3.8, 4) is 5.75 Å². The molecule has 0 saturated carbocycles. The molecule has 0 spiro atoms. The molecule has 0 radical (unpaired) electrons. The highest BCUT2D eigenvalue weighted by molar-refractivity contribution is 7.84. The lowest BCUT2D eigenvalue weighted by molar-refractivity contribution is 0.0956. The minimum absolute atomic E-state index is 0.249. The van der Waals surface area contributed by atoms with E-state index in [0.717, 1.165) is 0 Å². The summed E-state index contributed by atoms with van der Waals surface area (Å²) >= 11 is 0. The van der Waals surface area contributed by atoms with Gasteiger partial charge in [-0.15, -0.1) is 0 Å². The Bertz CT molecular complexity index is 435. The van der Waals surface area contributed by atoms with Crippen molar-refractivity contribution < 1.29 is 13.7 Å². The smallest absolute Gasteiger partial charge is 0.251 e. The van der Waals surface area contributed by atoms with E-state index in [1.54, 1.807) is 24.5 Å². The van der Waals surface area contributed by atoms with Crippen LogP contribution in [0.2, 0.25) is 0 Å². The fourth-order valence-electron chi connectivity index (χ4n) is 1.28. The number of nitrogens with two attached hydrogens (primary N) is 1. The quantitative estimate of drug-likeness (QED) is 0.746. The van der Waals surface area contributed by atoms with Gasteiger partial charge in [-0.1, -0.05) is 0 Å². The van der Waals surface area contributed by atoms with Crippen LogP contribution in [0.4, 0.5) is 5.69 Å². The summed E-state index contributed by atoms with van der Waals surface area (Å²) in [6.45, 7) is 0.374. The van der Waals surface area contributed by atoms with Gasteiger partial charge >= 0.3 is 0 Å². The predicted octanol–water partition coefficient (Wildman–Crippen LogP) is 0.386. The fourth-order valence-corrected chi connectivity index (χ4v) is 1.67. The molecule has 0 aliphatic heterocycles. The molecule has 1 amide bonds. The highest BCUT2D eigenvalue weighted by Gasteiger charge is 2.07. The largest absolute Gasteiger partial charge is 0.497 e. The van der Waals surface area contributed by atoms with Gasteiger partial charge in [0.25, 0.3) is 5.91 Å². The summed E-state index contributed by atoms with van der Waals surface area (Å²) in [5.41, 5.74) is 6.54. The van der Waals surface area contributed by atoms with Gasteiger partial charge in [0.05, 0.1) is 7.11 Å². The first kappa shape index (κ1) is 13.5. The molecule has 0 aliphatic carbocycles. The number of ether oxygens (including phenoxy) is 1. The number of rotatable bonds is 5. The summed E-state index contributed by atoms with van der Waals surface area (Å²) in [5.74, 6) is 0.723. The van der Waals surface area contributed by atoms with Gasteiger partial charge in [-0.2, -0.15) is 0 Å². The molecule has 3 N–H and O–H groups in total. The van der Waals surface area contributed by atoms with Crippen LogP contribution in [-0.4, -0.2) is 35.8 Å². The van der Waals surface area contributed by atoms with Crippen molar-refractivity contribution >= 4 is 22.4 Å². The number of benzene rings is 1. The van der Waals surface area contributed by atoms with Crippen LogP contribution in [0.25, 0.3) is 0 Å². The van der Waals surface area contributed by atoms with E-state index in [-0.39, 0.29) is 5.91 Å². The van der Waals surface area contributed by atoms with Crippen LogP contribution in [-0.2, 0) is 10.8 Å². The molecule has 1 unspecified atom stereocenters. The van der Waals surface area contributed by atoms with E-state index >= 15 is 0 Å². The van der Waals surface area contributed by atoms with Gasteiger partial charge in [0.1, 0.15) is 5.75 Å². The van der Waals surface area contributed by atoms with E-state index in [1.807, 2.05) is 0 Å². The third kappa shape index (κ3) is 4.44. The lowest BCUT2D eigenvalue weighted by Gasteiger charge is -2.07. The molecule has 0 saturated heterocycles. The third-order valence-electron chi connectivity index (χ3n) is 2.10. The predicted molar refractivity (Wildman–Crippen MR) is 68.7 cm³/mol. The number of hydrogen-bond acceptors (Lipinski definition) is 4. The summed E-state index contributed by atoms with van der Waals surface area (Å²) in [6.07, 6.45) is 1.59. The number of anilines is 1. The zero-order chi connectivity index (χ0) is 12.8. The van der Waals surface area contributed by atoms with Crippen molar-refractivity contribution in [2.75, 3.05) is 31.4 Å². The van der Waals surface area contributed by atoms with Crippen molar-refractivity contribution in [2.45, 2.75) is 0 Å².